The van der Waals surface area contributed by atoms with Crippen LogP contribution in [0, 0.1) is 29.3 Å². The fourth-order valence-electron chi connectivity index (χ4n) is 2.82. The number of allylic oxidation sites excluding steroid dienone is 1. The lowest BCUT2D eigenvalue weighted by Crippen LogP contribution is -1.98. The summed E-state index contributed by atoms with van der Waals surface area (Å²) < 4.78 is 47.6. The van der Waals surface area contributed by atoms with Crippen molar-refractivity contribution in [1.82, 2.24) is 0 Å². The van der Waals surface area contributed by atoms with Crippen molar-refractivity contribution in [3.05, 3.63) is 94.8 Å². The Morgan fingerprint density at radius 2 is 1.66 bits per heavy atom. The van der Waals surface area contributed by atoms with Crippen LogP contribution in [0.2, 0.25) is 0 Å². The van der Waals surface area contributed by atoms with E-state index in [0.29, 0.717) is 16.7 Å². The molecule has 3 rings (SSSR count). The molecule has 3 aromatic carbocycles. The highest BCUT2D eigenvalue weighted by Gasteiger charge is 2.15. The minimum Gasteiger partial charge on any atom is -0.491 e. The molecule has 4 heteroatoms. The van der Waals surface area contributed by atoms with Crippen molar-refractivity contribution in [1.29, 1.82) is 0 Å². The van der Waals surface area contributed by atoms with Crippen molar-refractivity contribution in [2.45, 2.75) is 13.8 Å². The molecule has 0 radical (unpaired) electrons. The lowest BCUT2D eigenvalue weighted by atomic mass is 10.0. The van der Waals surface area contributed by atoms with Crippen molar-refractivity contribution < 1.29 is 17.9 Å². The first-order valence-electron chi connectivity index (χ1n) is 9.19. The Morgan fingerprint density at radius 1 is 0.897 bits per heavy atom. The van der Waals surface area contributed by atoms with Gasteiger partial charge in [-0.2, -0.15) is 4.39 Å². The Bertz CT molecular complexity index is 1100. The standard InChI is InChI=1S/C25H19F3O/c1-3-5-18-9-13-20(22(26)16-18)12-8-17-6-10-19(11-7-17)21-14-15-23(29-4-2)25(28)24(21)27/h3,5-7,9-11,13-16H,4H2,1-2H3/b5-3+. The maximum atomic E-state index is 14.3. The van der Waals surface area contributed by atoms with Crippen LogP contribution in [0.1, 0.15) is 30.5 Å². The second-order valence-electron chi connectivity index (χ2n) is 6.24. The van der Waals surface area contributed by atoms with Crippen LogP contribution in [-0.2, 0) is 0 Å². The van der Waals surface area contributed by atoms with Crippen LogP contribution in [0.4, 0.5) is 13.2 Å². The van der Waals surface area contributed by atoms with Gasteiger partial charge in [0.05, 0.1) is 12.2 Å². The molecule has 0 saturated heterocycles. The van der Waals surface area contributed by atoms with Gasteiger partial charge in [0.15, 0.2) is 11.6 Å². The fourth-order valence-corrected chi connectivity index (χ4v) is 2.82. The van der Waals surface area contributed by atoms with Gasteiger partial charge in [0.1, 0.15) is 5.82 Å². The summed E-state index contributed by atoms with van der Waals surface area (Å²) in [7, 11) is 0. The second kappa shape index (κ2) is 9.16. The van der Waals surface area contributed by atoms with E-state index >= 15 is 0 Å². The van der Waals surface area contributed by atoms with Gasteiger partial charge in [0, 0.05) is 11.1 Å². The van der Waals surface area contributed by atoms with E-state index in [1.54, 1.807) is 43.3 Å². The number of halogens is 3. The molecule has 0 aliphatic rings. The monoisotopic (exact) mass is 392 g/mol. The van der Waals surface area contributed by atoms with E-state index in [4.69, 9.17) is 4.74 Å². The summed E-state index contributed by atoms with van der Waals surface area (Å²) >= 11 is 0. The van der Waals surface area contributed by atoms with E-state index in [1.165, 1.54) is 18.2 Å². The maximum Gasteiger partial charge on any atom is 0.201 e. The molecule has 0 atom stereocenters. The predicted octanol–water partition coefficient (Wildman–Crippen LogP) is 6.60. The molecule has 3 aromatic rings. The summed E-state index contributed by atoms with van der Waals surface area (Å²) in [6.07, 6.45) is 3.64. The van der Waals surface area contributed by atoms with Crippen LogP contribution in [0.3, 0.4) is 0 Å². The lowest BCUT2D eigenvalue weighted by molar-refractivity contribution is 0.314. The molecule has 0 bridgehead atoms. The molecule has 0 unspecified atom stereocenters. The zero-order valence-corrected chi connectivity index (χ0v) is 16.1. The van der Waals surface area contributed by atoms with Crippen LogP contribution in [-0.4, -0.2) is 6.61 Å². The molecule has 0 saturated carbocycles. The molecule has 0 spiro atoms. The van der Waals surface area contributed by atoms with Crippen molar-refractivity contribution in [2.24, 2.45) is 0 Å². The molecule has 0 aliphatic heterocycles. The van der Waals surface area contributed by atoms with Crippen molar-refractivity contribution in [3.63, 3.8) is 0 Å². The zero-order valence-electron chi connectivity index (χ0n) is 16.1. The Kier molecular flexibility index (Phi) is 6.41. The molecule has 0 N–H and O–H groups in total. The first-order chi connectivity index (χ1) is 14.0. The molecule has 0 aromatic heterocycles. The Morgan fingerprint density at radius 3 is 2.31 bits per heavy atom. The van der Waals surface area contributed by atoms with Gasteiger partial charge in [-0.15, -0.1) is 0 Å². The maximum absolute atomic E-state index is 14.3. The molecule has 146 valence electrons. The molecule has 1 nitrogen and oxygen atoms in total. The largest absolute Gasteiger partial charge is 0.491 e. The van der Waals surface area contributed by atoms with Gasteiger partial charge in [-0.05, 0) is 61.4 Å². The molecule has 29 heavy (non-hydrogen) atoms. The topological polar surface area (TPSA) is 9.23 Å². The van der Waals surface area contributed by atoms with Gasteiger partial charge in [-0.3, -0.25) is 0 Å². The van der Waals surface area contributed by atoms with Crippen LogP contribution in [0.5, 0.6) is 5.75 Å². The van der Waals surface area contributed by atoms with Crippen LogP contribution in [0.15, 0.2) is 60.7 Å². The quantitative estimate of drug-likeness (QED) is 0.455. The van der Waals surface area contributed by atoms with Gasteiger partial charge in [0.25, 0.3) is 0 Å². The summed E-state index contributed by atoms with van der Waals surface area (Å²) in [5.74, 6) is 3.21. The SMILES string of the molecule is C/C=C/c1ccc(C#Cc2ccc(-c3ccc(OCC)c(F)c3F)cc2)c(F)c1. The third-order valence-electron chi connectivity index (χ3n) is 4.24. The van der Waals surface area contributed by atoms with E-state index in [0.717, 1.165) is 5.56 Å². The van der Waals surface area contributed by atoms with Crippen molar-refractivity contribution in [3.8, 4) is 28.7 Å². The molecular formula is C25H19F3O. The van der Waals surface area contributed by atoms with E-state index in [1.807, 2.05) is 19.1 Å². The Labute approximate surface area is 168 Å². The third kappa shape index (κ3) is 4.70. The highest BCUT2D eigenvalue weighted by molar-refractivity contribution is 5.66. The van der Waals surface area contributed by atoms with E-state index in [2.05, 4.69) is 11.8 Å². The summed E-state index contributed by atoms with van der Waals surface area (Å²) in [5, 5.41) is 0. The molecule has 0 aliphatic carbocycles. The fraction of sp³-hybridized carbons (Fsp3) is 0.120. The minimum absolute atomic E-state index is 0.112. The van der Waals surface area contributed by atoms with Gasteiger partial charge in [0.2, 0.25) is 5.82 Å². The summed E-state index contributed by atoms with van der Waals surface area (Å²) in [6, 6.07) is 14.4. The van der Waals surface area contributed by atoms with E-state index in [-0.39, 0.29) is 17.9 Å². The van der Waals surface area contributed by atoms with Gasteiger partial charge >= 0.3 is 0 Å². The number of hydrogen-bond donors (Lipinski definition) is 0. The minimum atomic E-state index is -1.01. The lowest BCUT2D eigenvalue weighted by Gasteiger charge is -2.09. The highest BCUT2D eigenvalue weighted by Crippen LogP contribution is 2.30. The van der Waals surface area contributed by atoms with Crippen LogP contribution >= 0.6 is 0 Å². The smallest absolute Gasteiger partial charge is 0.201 e. The van der Waals surface area contributed by atoms with E-state index in [9.17, 15) is 13.2 Å². The van der Waals surface area contributed by atoms with E-state index < -0.39 is 17.5 Å². The first kappa shape index (κ1) is 20.3. The molecular weight excluding hydrogens is 373 g/mol. The Balaban J connectivity index is 1.84. The zero-order chi connectivity index (χ0) is 20.8. The van der Waals surface area contributed by atoms with Gasteiger partial charge in [-0.1, -0.05) is 42.2 Å². The number of hydrogen-bond acceptors (Lipinski definition) is 1. The van der Waals surface area contributed by atoms with Gasteiger partial charge < -0.3 is 4.74 Å². The van der Waals surface area contributed by atoms with Crippen LogP contribution < -0.4 is 4.74 Å². The Hall–Kier alpha value is -3.45. The first-order valence-corrected chi connectivity index (χ1v) is 9.19. The molecule has 0 fully saturated rings. The average Bonchev–Trinajstić information content (AvgIpc) is 2.72. The normalized spacial score (nSPS) is 10.7. The number of ether oxygens (including phenoxy) is 1. The van der Waals surface area contributed by atoms with Gasteiger partial charge in [-0.25, -0.2) is 8.78 Å². The average molecular weight is 392 g/mol. The number of rotatable bonds is 4. The number of benzene rings is 3. The summed E-state index contributed by atoms with van der Waals surface area (Å²) in [4.78, 5) is 0. The van der Waals surface area contributed by atoms with Crippen molar-refractivity contribution >= 4 is 6.08 Å². The second-order valence-corrected chi connectivity index (χ2v) is 6.24. The summed E-state index contributed by atoms with van der Waals surface area (Å²) in [6.45, 7) is 3.82. The highest BCUT2D eigenvalue weighted by atomic mass is 19.2. The van der Waals surface area contributed by atoms with Crippen LogP contribution in [0.25, 0.3) is 17.2 Å². The molecule has 0 heterocycles. The molecule has 0 amide bonds. The predicted molar refractivity (Wildman–Crippen MR) is 110 cm³/mol. The summed E-state index contributed by atoms with van der Waals surface area (Å²) in [5.41, 5.74) is 2.34. The third-order valence-corrected chi connectivity index (χ3v) is 4.24. The van der Waals surface area contributed by atoms with Crippen molar-refractivity contribution in [2.75, 3.05) is 6.61 Å².